The highest BCUT2D eigenvalue weighted by Gasteiger charge is 2.36. The van der Waals surface area contributed by atoms with Crippen LogP contribution in [0.25, 0.3) is 6.08 Å². The van der Waals surface area contributed by atoms with Crippen LogP contribution >= 0.6 is 0 Å². The summed E-state index contributed by atoms with van der Waals surface area (Å²) in [5.41, 5.74) is 4.01. The molecule has 0 amide bonds. The monoisotopic (exact) mass is 335 g/mol. The fourth-order valence-electron chi connectivity index (χ4n) is 3.90. The van der Waals surface area contributed by atoms with Gasteiger partial charge in [0.1, 0.15) is 5.82 Å². The van der Waals surface area contributed by atoms with E-state index in [1.807, 2.05) is 6.92 Å². The highest BCUT2D eigenvalue weighted by atomic mass is 15.3. The molecule has 1 aromatic heterocycles. The van der Waals surface area contributed by atoms with Crippen molar-refractivity contribution in [3.63, 3.8) is 0 Å². The quantitative estimate of drug-likeness (QED) is 0.861. The van der Waals surface area contributed by atoms with Crippen molar-refractivity contribution in [3.05, 3.63) is 64.9 Å². The summed E-state index contributed by atoms with van der Waals surface area (Å²) < 4.78 is 2.24. The van der Waals surface area contributed by atoms with Gasteiger partial charge in [-0.2, -0.15) is 0 Å². The maximum atomic E-state index is 4.26. The van der Waals surface area contributed by atoms with Crippen LogP contribution in [0.1, 0.15) is 35.7 Å². The van der Waals surface area contributed by atoms with Crippen LogP contribution in [0, 0.1) is 6.92 Å². The number of nitrogens with zero attached hydrogens (tertiary/aromatic N) is 5. The smallest absolute Gasteiger partial charge is 0.157 e. The number of hydrogen-bond donors (Lipinski definition) is 0. The average molecular weight is 335 g/mol. The standard InChI is InChI=1S/C20H25N5/c1-14-11-19-18(9-10-20-22-21-15(2)25(19)20)24(14)13-17-7-5-16(6-8-17)12-23(3)4/h5-11,18-19H,12-13H2,1-4H3. The van der Waals surface area contributed by atoms with Gasteiger partial charge in [0.2, 0.25) is 0 Å². The Kier molecular flexibility index (Phi) is 3.96. The summed E-state index contributed by atoms with van der Waals surface area (Å²) in [4.78, 5) is 4.67. The number of fused-ring (bicyclic) bond motifs is 3. The molecule has 5 nitrogen and oxygen atoms in total. The van der Waals surface area contributed by atoms with Gasteiger partial charge in [-0.15, -0.1) is 10.2 Å². The number of aryl methyl sites for hydroxylation is 1. The van der Waals surface area contributed by atoms with E-state index in [9.17, 15) is 0 Å². The molecule has 2 atom stereocenters. The van der Waals surface area contributed by atoms with Crippen LogP contribution in [0.5, 0.6) is 0 Å². The van der Waals surface area contributed by atoms with E-state index in [0.29, 0.717) is 12.1 Å². The summed E-state index contributed by atoms with van der Waals surface area (Å²) in [7, 11) is 4.20. The predicted molar refractivity (Wildman–Crippen MR) is 99.8 cm³/mol. The van der Waals surface area contributed by atoms with E-state index in [1.165, 1.54) is 16.8 Å². The Morgan fingerprint density at radius 3 is 2.44 bits per heavy atom. The van der Waals surface area contributed by atoms with Gasteiger partial charge in [0.25, 0.3) is 0 Å². The van der Waals surface area contributed by atoms with E-state index < -0.39 is 0 Å². The molecular formula is C20H25N5. The molecule has 0 aliphatic carbocycles. The lowest BCUT2D eigenvalue weighted by Gasteiger charge is -2.32. The maximum absolute atomic E-state index is 4.26. The minimum Gasteiger partial charge on any atom is -0.362 e. The molecule has 2 unspecified atom stereocenters. The van der Waals surface area contributed by atoms with Crippen molar-refractivity contribution < 1.29 is 0 Å². The average Bonchev–Trinajstić information content (AvgIpc) is 3.10. The molecule has 0 radical (unpaired) electrons. The fourth-order valence-corrected chi connectivity index (χ4v) is 3.90. The van der Waals surface area contributed by atoms with Crippen molar-refractivity contribution in [2.45, 2.75) is 39.0 Å². The van der Waals surface area contributed by atoms with E-state index in [1.54, 1.807) is 0 Å². The van der Waals surface area contributed by atoms with E-state index in [-0.39, 0.29) is 0 Å². The van der Waals surface area contributed by atoms with Crippen LogP contribution < -0.4 is 0 Å². The number of hydrogen-bond acceptors (Lipinski definition) is 4. The first-order chi connectivity index (χ1) is 12.0. The van der Waals surface area contributed by atoms with Gasteiger partial charge in [-0.3, -0.25) is 0 Å². The largest absolute Gasteiger partial charge is 0.362 e. The summed E-state index contributed by atoms with van der Waals surface area (Å²) in [6, 6.07) is 9.61. The lowest BCUT2D eigenvalue weighted by molar-refractivity contribution is 0.269. The predicted octanol–water partition coefficient (Wildman–Crippen LogP) is 3.00. The number of allylic oxidation sites excluding steroid dienone is 1. The number of rotatable bonds is 4. The normalized spacial score (nSPS) is 21.5. The van der Waals surface area contributed by atoms with Gasteiger partial charge < -0.3 is 14.4 Å². The molecule has 0 bridgehead atoms. The van der Waals surface area contributed by atoms with Crippen LogP contribution in [0.15, 0.2) is 42.1 Å². The third kappa shape index (κ3) is 2.89. The Balaban J connectivity index is 1.54. The van der Waals surface area contributed by atoms with E-state index in [4.69, 9.17) is 0 Å². The van der Waals surface area contributed by atoms with E-state index >= 15 is 0 Å². The van der Waals surface area contributed by atoms with Crippen molar-refractivity contribution in [1.82, 2.24) is 24.6 Å². The minimum atomic E-state index is 0.294. The first-order valence-electron chi connectivity index (χ1n) is 8.80. The summed E-state index contributed by atoms with van der Waals surface area (Å²) >= 11 is 0. The SMILES string of the molecule is CC1=CC2C(C=Cc3nnc(C)n32)N1Cc1ccc(CN(C)C)cc1. The minimum absolute atomic E-state index is 0.294. The molecule has 2 aromatic rings. The molecule has 5 heteroatoms. The van der Waals surface area contributed by atoms with E-state index in [2.05, 4.69) is 88.1 Å². The summed E-state index contributed by atoms with van der Waals surface area (Å²) in [5.74, 6) is 1.94. The Labute approximate surface area is 149 Å². The molecule has 2 aliphatic heterocycles. The molecule has 25 heavy (non-hydrogen) atoms. The lowest BCUT2D eigenvalue weighted by atomic mass is 10.0. The van der Waals surface area contributed by atoms with Crippen molar-refractivity contribution in [2.24, 2.45) is 0 Å². The number of aromatic nitrogens is 3. The van der Waals surface area contributed by atoms with Crippen LogP contribution in [-0.4, -0.2) is 44.7 Å². The molecule has 0 fully saturated rings. The van der Waals surface area contributed by atoms with Gasteiger partial charge in [0.05, 0.1) is 12.1 Å². The summed E-state index contributed by atoms with van der Waals surface area (Å²) in [5, 5.41) is 8.49. The van der Waals surface area contributed by atoms with Gasteiger partial charge >= 0.3 is 0 Å². The molecule has 4 rings (SSSR count). The zero-order chi connectivity index (χ0) is 17.6. The van der Waals surface area contributed by atoms with Crippen molar-refractivity contribution in [2.75, 3.05) is 14.1 Å². The zero-order valence-electron chi connectivity index (χ0n) is 15.3. The topological polar surface area (TPSA) is 37.2 Å². The van der Waals surface area contributed by atoms with Gasteiger partial charge in [0, 0.05) is 18.8 Å². The Morgan fingerprint density at radius 1 is 1.00 bits per heavy atom. The fraction of sp³-hybridized carbons (Fsp3) is 0.400. The van der Waals surface area contributed by atoms with Crippen molar-refractivity contribution in [3.8, 4) is 0 Å². The van der Waals surface area contributed by atoms with Crippen LogP contribution in [0.2, 0.25) is 0 Å². The Hall–Kier alpha value is -2.40. The molecule has 130 valence electrons. The van der Waals surface area contributed by atoms with Gasteiger partial charge in [-0.05, 0) is 51.2 Å². The molecule has 3 heterocycles. The van der Waals surface area contributed by atoms with Crippen LogP contribution in [0.3, 0.4) is 0 Å². The lowest BCUT2D eigenvalue weighted by Crippen LogP contribution is -2.35. The van der Waals surface area contributed by atoms with Crippen molar-refractivity contribution in [1.29, 1.82) is 0 Å². The summed E-state index contributed by atoms with van der Waals surface area (Å²) in [6.07, 6.45) is 6.71. The highest BCUT2D eigenvalue weighted by Crippen LogP contribution is 2.37. The molecule has 1 aromatic carbocycles. The molecule has 2 aliphatic rings. The zero-order valence-corrected chi connectivity index (χ0v) is 15.3. The first-order valence-corrected chi connectivity index (χ1v) is 8.80. The summed E-state index contributed by atoms with van der Waals surface area (Å²) in [6.45, 7) is 6.13. The Morgan fingerprint density at radius 2 is 1.72 bits per heavy atom. The van der Waals surface area contributed by atoms with Crippen LogP contribution in [-0.2, 0) is 13.1 Å². The first kappa shape index (κ1) is 16.1. The highest BCUT2D eigenvalue weighted by molar-refractivity contribution is 5.48. The maximum Gasteiger partial charge on any atom is 0.157 e. The van der Waals surface area contributed by atoms with Crippen molar-refractivity contribution >= 4 is 6.08 Å². The molecule has 0 N–H and O–H groups in total. The van der Waals surface area contributed by atoms with Crippen LogP contribution in [0.4, 0.5) is 0 Å². The third-order valence-electron chi connectivity index (χ3n) is 5.08. The van der Waals surface area contributed by atoms with E-state index in [0.717, 1.165) is 24.7 Å². The molecule has 0 spiro atoms. The second kappa shape index (κ2) is 6.15. The second-order valence-corrected chi connectivity index (χ2v) is 7.31. The van der Waals surface area contributed by atoms with Gasteiger partial charge in [-0.25, -0.2) is 0 Å². The third-order valence-corrected chi connectivity index (χ3v) is 5.08. The van der Waals surface area contributed by atoms with Gasteiger partial charge in [-0.1, -0.05) is 30.3 Å². The number of benzene rings is 1. The molecular weight excluding hydrogens is 310 g/mol. The molecule has 0 saturated heterocycles. The molecule has 0 saturated carbocycles. The van der Waals surface area contributed by atoms with Gasteiger partial charge in [0.15, 0.2) is 5.82 Å². The Bertz CT molecular complexity index is 828. The second-order valence-electron chi connectivity index (χ2n) is 7.31.